The summed E-state index contributed by atoms with van der Waals surface area (Å²) in [5.74, 6) is -1.49. The molecule has 2 unspecified atom stereocenters. The van der Waals surface area contributed by atoms with E-state index >= 15 is 0 Å². The molecule has 0 spiro atoms. The summed E-state index contributed by atoms with van der Waals surface area (Å²) in [7, 11) is 0. The van der Waals surface area contributed by atoms with Gasteiger partial charge in [0, 0.05) is 6.42 Å². The fourth-order valence-corrected chi connectivity index (χ4v) is 4.43. The molecule has 0 aliphatic heterocycles. The number of rotatable bonds is 12. The van der Waals surface area contributed by atoms with E-state index < -0.39 is 29.0 Å². The van der Waals surface area contributed by atoms with Gasteiger partial charge < -0.3 is 14.2 Å². The van der Waals surface area contributed by atoms with Gasteiger partial charge in [0.25, 0.3) is 0 Å². The molecule has 0 fully saturated rings. The van der Waals surface area contributed by atoms with Gasteiger partial charge in [-0.1, -0.05) is 78.9 Å². The average Bonchev–Trinajstić information content (AvgIpc) is 2.99. The van der Waals surface area contributed by atoms with Crippen molar-refractivity contribution in [3.05, 3.63) is 133 Å². The molecule has 3 aromatic carbocycles. The van der Waals surface area contributed by atoms with Crippen LogP contribution in [0.1, 0.15) is 34.3 Å². The minimum absolute atomic E-state index is 0.000968. The number of esters is 2. The number of halogens is 3. The molecule has 41 heavy (non-hydrogen) atoms. The van der Waals surface area contributed by atoms with Gasteiger partial charge in [-0.3, -0.25) is 0 Å². The Labute approximate surface area is 242 Å². The maximum Gasteiger partial charge on any atom is 0.357 e. The molecular formula is C33H29ClF2O5. The van der Waals surface area contributed by atoms with Crippen LogP contribution in [0.15, 0.2) is 116 Å². The first kappa shape index (κ1) is 29.9. The Hall–Kier alpha value is -4.07. The summed E-state index contributed by atoms with van der Waals surface area (Å²) >= 11 is 5.25. The number of allylic oxidation sites excluding steroid dienone is 2. The molecule has 0 N–H and O–H groups in total. The number of hydrogen-bond donors (Lipinski definition) is 0. The maximum atomic E-state index is 14.0. The highest BCUT2D eigenvalue weighted by Gasteiger charge is 2.41. The monoisotopic (exact) mass is 578 g/mol. The molecule has 4 rings (SSSR count). The number of aryl methyl sites for hydroxylation is 1. The Bertz CT molecular complexity index is 1400. The standard InChI is InChI=1S/C33H29ClF2O5/c1-2-23-39-32(21-19-26(20-22-32)25-11-7-4-8-12-25)31(38)40-28-16-14-27(15-17-28)30(37)41-29(33(34,35)36)18-13-24-9-5-3-6-10-24/h2-12,14-17,19-21,29H,1,13,18,22-23H2. The summed E-state index contributed by atoms with van der Waals surface area (Å²) in [5.41, 5.74) is 1.40. The molecular weight excluding hydrogens is 550 g/mol. The second kappa shape index (κ2) is 13.5. The van der Waals surface area contributed by atoms with E-state index in [2.05, 4.69) is 6.58 Å². The van der Waals surface area contributed by atoms with Crippen LogP contribution in [-0.4, -0.2) is 35.6 Å². The van der Waals surface area contributed by atoms with Gasteiger partial charge in [0.2, 0.25) is 0 Å². The van der Waals surface area contributed by atoms with E-state index in [0.717, 1.165) is 16.7 Å². The third-order valence-electron chi connectivity index (χ3n) is 6.52. The van der Waals surface area contributed by atoms with Crippen molar-refractivity contribution in [3.63, 3.8) is 0 Å². The summed E-state index contributed by atoms with van der Waals surface area (Å²) in [5, 5.41) is -3.75. The van der Waals surface area contributed by atoms with Crippen LogP contribution in [0.25, 0.3) is 5.57 Å². The van der Waals surface area contributed by atoms with E-state index in [1.165, 1.54) is 30.3 Å². The lowest BCUT2D eigenvalue weighted by atomic mass is 9.89. The van der Waals surface area contributed by atoms with Gasteiger partial charge in [-0.25, -0.2) is 9.59 Å². The number of alkyl halides is 3. The van der Waals surface area contributed by atoms with E-state index in [-0.39, 0.29) is 37.2 Å². The van der Waals surface area contributed by atoms with Crippen LogP contribution in [0.3, 0.4) is 0 Å². The first-order chi connectivity index (χ1) is 19.7. The Kier molecular flexibility index (Phi) is 9.86. The van der Waals surface area contributed by atoms with Crippen molar-refractivity contribution in [3.8, 4) is 5.75 Å². The average molecular weight is 579 g/mol. The Balaban J connectivity index is 1.41. The lowest BCUT2D eigenvalue weighted by molar-refractivity contribution is -0.154. The zero-order chi connectivity index (χ0) is 29.3. The van der Waals surface area contributed by atoms with Gasteiger partial charge in [0.1, 0.15) is 5.75 Å². The molecule has 1 aliphatic rings. The molecule has 212 valence electrons. The normalized spacial score (nSPS) is 17.3. The van der Waals surface area contributed by atoms with Crippen LogP contribution in [0.2, 0.25) is 0 Å². The molecule has 5 nitrogen and oxygen atoms in total. The van der Waals surface area contributed by atoms with Crippen molar-refractivity contribution in [2.45, 2.75) is 36.3 Å². The van der Waals surface area contributed by atoms with Crippen molar-refractivity contribution >= 4 is 29.1 Å². The van der Waals surface area contributed by atoms with Gasteiger partial charge in [0.05, 0.1) is 12.2 Å². The van der Waals surface area contributed by atoms with E-state index in [4.69, 9.17) is 25.8 Å². The Morgan fingerprint density at radius 1 is 1.00 bits per heavy atom. The second-order valence-corrected chi connectivity index (χ2v) is 9.93. The molecule has 1 aliphatic carbocycles. The predicted octanol–water partition coefficient (Wildman–Crippen LogP) is 7.57. The largest absolute Gasteiger partial charge is 0.451 e. The molecule has 0 saturated heterocycles. The SMILES string of the molecule is C=CCOC1(C(=O)Oc2ccc(C(=O)OC(CCc3ccccc3)C(F)(F)Cl)cc2)C=CC(c2ccccc2)=CC1. The summed E-state index contributed by atoms with van der Waals surface area (Å²) in [6.07, 6.45) is 5.41. The third kappa shape index (κ3) is 7.99. The molecule has 0 saturated carbocycles. The number of benzene rings is 3. The van der Waals surface area contributed by atoms with Gasteiger partial charge in [0.15, 0.2) is 11.7 Å². The van der Waals surface area contributed by atoms with Crippen molar-refractivity contribution < 1.29 is 32.6 Å². The Morgan fingerprint density at radius 2 is 1.66 bits per heavy atom. The van der Waals surface area contributed by atoms with E-state index in [1.54, 1.807) is 30.3 Å². The molecule has 0 aromatic heterocycles. The summed E-state index contributed by atoms with van der Waals surface area (Å²) in [6, 6.07) is 24.1. The van der Waals surface area contributed by atoms with E-state index in [0.29, 0.717) is 0 Å². The maximum absolute atomic E-state index is 14.0. The van der Waals surface area contributed by atoms with E-state index in [9.17, 15) is 18.4 Å². The zero-order valence-electron chi connectivity index (χ0n) is 22.2. The van der Waals surface area contributed by atoms with Gasteiger partial charge in [-0.2, -0.15) is 8.78 Å². The zero-order valence-corrected chi connectivity index (χ0v) is 22.9. The molecule has 3 aromatic rings. The quantitative estimate of drug-likeness (QED) is 0.0960. The first-order valence-corrected chi connectivity index (χ1v) is 13.4. The minimum atomic E-state index is -3.75. The molecule has 0 amide bonds. The van der Waals surface area contributed by atoms with Crippen LogP contribution in [-0.2, 0) is 20.7 Å². The third-order valence-corrected chi connectivity index (χ3v) is 6.77. The number of carbonyl (C=O) groups excluding carboxylic acids is 2. The number of ether oxygens (including phenoxy) is 3. The summed E-state index contributed by atoms with van der Waals surface area (Å²) < 4.78 is 44.5. The summed E-state index contributed by atoms with van der Waals surface area (Å²) in [4.78, 5) is 25.9. The molecule has 0 bridgehead atoms. The van der Waals surface area contributed by atoms with Crippen molar-refractivity contribution in [1.29, 1.82) is 0 Å². The number of carbonyl (C=O) groups is 2. The minimum Gasteiger partial charge on any atom is -0.451 e. The van der Waals surface area contributed by atoms with Gasteiger partial charge >= 0.3 is 17.3 Å². The predicted molar refractivity (Wildman–Crippen MR) is 154 cm³/mol. The van der Waals surface area contributed by atoms with Crippen molar-refractivity contribution in [2.75, 3.05) is 6.61 Å². The molecule has 8 heteroatoms. The molecule has 2 atom stereocenters. The highest BCUT2D eigenvalue weighted by atomic mass is 35.5. The lowest BCUT2D eigenvalue weighted by Crippen LogP contribution is -2.43. The van der Waals surface area contributed by atoms with Gasteiger partial charge in [-0.15, -0.1) is 6.58 Å². The highest BCUT2D eigenvalue weighted by Crippen LogP contribution is 2.32. The van der Waals surface area contributed by atoms with Crippen LogP contribution in [0.5, 0.6) is 5.75 Å². The second-order valence-electron chi connectivity index (χ2n) is 9.43. The highest BCUT2D eigenvalue weighted by molar-refractivity contribution is 6.22. The number of hydrogen-bond acceptors (Lipinski definition) is 5. The van der Waals surface area contributed by atoms with Crippen LogP contribution in [0, 0.1) is 0 Å². The fraction of sp³-hybridized carbons (Fsp3) is 0.212. The van der Waals surface area contributed by atoms with E-state index in [1.807, 2.05) is 48.6 Å². The van der Waals surface area contributed by atoms with Crippen molar-refractivity contribution in [2.24, 2.45) is 0 Å². The smallest absolute Gasteiger partial charge is 0.357 e. The summed E-state index contributed by atoms with van der Waals surface area (Å²) in [6.45, 7) is 3.78. The topological polar surface area (TPSA) is 61.8 Å². The van der Waals surface area contributed by atoms with Crippen molar-refractivity contribution in [1.82, 2.24) is 0 Å². The first-order valence-electron chi connectivity index (χ1n) is 13.0. The van der Waals surface area contributed by atoms with Crippen LogP contribution in [0.4, 0.5) is 8.78 Å². The fourth-order valence-electron chi connectivity index (χ4n) is 4.27. The Morgan fingerprint density at radius 3 is 2.24 bits per heavy atom. The molecule has 0 radical (unpaired) electrons. The lowest BCUT2D eigenvalue weighted by Gasteiger charge is -2.30. The van der Waals surface area contributed by atoms with Crippen LogP contribution < -0.4 is 4.74 Å². The van der Waals surface area contributed by atoms with Gasteiger partial charge in [-0.05, 0) is 71.5 Å². The van der Waals surface area contributed by atoms with Crippen LogP contribution >= 0.6 is 11.6 Å². The molecule has 0 heterocycles.